The standard InChI is InChI=1S/C12H21NO3S/c1-8(7-17-2)13-11(14)9-3-5-10(6-4-9)12(15)16/h8-10H,3-7H2,1-2H3,(H,13,14)(H,15,16). The zero-order chi connectivity index (χ0) is 12.8. The molecule has 1 fully saturated rings. The minimum atomic E-state index is -0.723. The summed E-state index contributed by atoms with van der Waals surface area (Å²) in [6.45, 7) is 2.00. The van der Waals surface area contributed by atoms with E-state index in [0.29, 0.717) is 25.7 Å². The number of thioether (sulfide) groups is 1. The van der Waals surface area contributed by atoms with Crippen LogP contribution >= 0.6 is 11.8 Å². The van der Waals surface area contributed by atoms with E-state index < -0.39 is 5.97 Å². The summed E-state index contributed by atoms with van der Waals surface area (Å²) in [5.74, 6) is 0.0449. The van der Waals surface area contributed by atoms with Crippen molar-refractivity contribution in [2.75, 3.05) is 12.0 Å². The summed E-state index contributed by atoms with van der Waals surface area (Å²) in [4.78, 5) is 22.7. The third kappa shape index (κ3) is 4.58. The molecule has 0 heterocycles. The lowest BCUT2D eigenvalue weighted by molar-refractivity contribution is -0.144. The van der Waals surface area contributed by atoms with Gasteiger partial charge in [-0.15, -0.1) is 0 Å². The zero-order valence-electron chi connectivity index (χ0n) is 10.4. The van der Waals surface area contributed by atoms with Crippen LogP contribution in [-0.2, 0) is 9.59 Å². The molecular weight excluding hydrogens is 238 g/mol. The molecular formula is C12H21NO3S. The number of nitrogens with one attached hydrogen (secondary N) is 1. The quantitative estimate of drug-likeness (QED) is 0.789. The molecule has 1 aliphatic rings. The number of hydrogen-bond acceptors (Lipinski definition) is 3. The number of hydrogen-bond donors (Lipinski definition) is 2. The van der Waals surface area contributed by atoms with Crippen molar-refractivity contribution in [2.24, 2.45) is 11.8 Å². The molecule has 0 spiro atoms. The Balaban J connectivity index is 2.33. The van der Waals surface area contributed by atoms with Gasteiger partial charge in [-0.1, -0.05) is 0 Å². The number of carboxylic acid groups (broad SMARTS) is 1. The molecule has 0 aliphatic heterocycles. The summed E-state index contributed by atoms with van der Waals surface area (Å²) in [6, 6.07) is 0.190. The molecule has 1 rings (SSSR count). The molecule has 4 nitrogen and oxygen atoms in total. The molecule has 1 atom stereocenters. The fourth-order valence-corrected chi connectivity index (χ4v) is 2.84. The van der Waals surface area contributed by atoms with Crippen LogP contribution in [0.4, 0.5) is 0 Å². The van der Waals surface area contributed by atoms with Crippen molar-refractivity contribution in [1.82, 2.24) is 5.32 Å². The monoisotopic (exact) mass is 259 g/mol. The van der Waals surface area contributed by atoms with Crippen LogP contribution in [0.25, 0.3) is 0 Å². The number of carbonyl (C=O) groups is 2. The summed E-state index contributed by atoms with van der Waals surface area (Å²) in [5, 5.41) is 11.9. The largest absolute Gasteiger partial charge is 0.481 e. The minimum absolute atomic E-state index is 0.00917. The van der Waals surface area contributed by atoms with Gasteiger partial charge >= 0.3 is 5.97 Å². The van der Waals surface area contributed by atoms with E-state index in [9.17, 15) is 9.59 Å². The Hall–Kier alpha value is -0.710. The smallest absolute Gasteiger partial charge is 0.306 e. The molecule has 0 saturated heterocycles. The van der Waals surface area contributed by atoms with E-state index >= 15 is 0 Å². The van der Waals surface area contributed by atoms with Gasteiger partial charge in [0.15, 0.2) is 0 Å². The van der Waals surface area contributed by atoms with Gasteiger partial charge in [0.05, 0.1) is 5.92 Å². The topological polar surface area (TPSA) is 66.4 Å². The van der Waals surface area contributed by atoms with Crippen molar-refractivity contribution >= 4 is 23.6 Å². The van der Waals surface area contributed by atoms with Crippen molar-refractivity contribution in [3.63, 3.8) is 0 Å². The molecule has 1 amide bonds. The van der Waals surface area contributed by atoms with E-state index in [2.05, 4.69) is 5.32 Å². The van der Waals surface area contributed by atoms with E-state index in [1.165, 1.54) is 0 Å². The predicted octanol–water partition coefficient (Wildman–Crippen LogP) is 1.75. The van der Waals surface area contributed by atoms with Gasteiger partial charge in [0.1, 0.15) is 0 Å². The van der Waals surface area contributed by atoms with Crippen LogP contribution in [0.15, 0.2) is 0 Å². The summed E-state index contributed by atoms with van der Waals surface area (Å²) >= 11 is 1.71. The molecule has 2 N–H and O–H groups in total. The number of carboxylic acids is 1. The van der Waals surface area contributed by atoms with Crippen LogP contribution in [0, 0.1) is 11.8 Å². The van der Waals surface area contributed by atoms with Crippen LogP contribution in [0.5, 0.6) is 0 Å². The Labute approximate surface area is 107 Å². The highest BCUT2D eigenvalue weighted by atomic mass is 32.2. The predicted molar refractivity (Wildman–Crippen MR) is 69.1 cm³/mol. The third-order valence-electron chi connectivity index (χ3n) is 3.25. The second kappa shape index (κ2) is 6.89. The normalized spacial score (nSPS) is 26.2. The van der Waals surface area contributed by atoms with Crippen LogP contribution in [0.2, 0.25) is 0 Å². The first-order valence-electron chi connectivity index (χ1n) is 6.06. The van der Waals surface area contributed by atoms with E-state index in [1.54, 1.807) is 11.8 Å². The van der Waals surface area contributed by atoms with Crippen molar-refractivity contribution in [3.05, 3.63) is 0 Å². The summed E-state index contributed by atoms with van der Waals surface area (Å²) in [6.07, 6.45) is 4.68. The maximum absolute atomic E-state index is 11.9. The summed E-state index contributed by atoms with van der Waals surface area (Å²) in [7, 11) is 0. The maximum atomic E-state index is 11.9. The lowest BCUT2D eigenvalue weighted by atomic mass is 9.81. The average Bonchev–Trinajstić information content (AvgIpc) is 2.29. The molecule has 1 unspecified atom stereocenters. The first-order chi connectivity index (χ1) is 8.04. The van der Waals surface area contributed by atoms with Gasteiger partial charge in [0.25, 0.3) is 0 Å². The van der Waals surface area contributed by atoms with Gasteiger partial charge in [0.2, 0.25) is 5.91 Å². The van der Waals surface area contributed by atoms with Crippen molar-refractivity contribution in [3.8, 4) is 0 Å². The second-order valence-corrected chi connectivity index (χ2v) is 5.66. The van der Waals surface area contributed by atoms with E-state index in [-0.39, 0.29) is 23.8 Å². The molecule has 17 heavy (non-hydrogen) atoms. The zero-order valence-corrected chi connectivity index (χ0v) is 11.3. The fraction of sp³-hybridized carbons (Fsp3) is 0.833. The number of amides is 1. The number of aliphatic carboxylic acids is 1. The lowest BCUT2D eigenvalue weighted by Crippen LogP contribution is -2.40. The van der Waals surface area contributed by atoms with Gasteiger partial charge in [-0.3, -0.25) is 9.59 Å². The Morgan fingerprint density at radius 1 is 1.29 bits per heavy atom. The average molecular weight is 259 g/mol. The van der Waals surface area contributed by atoms with Gasteiger partial charge < -0.3 is 10.4 Å². The Bertz CT molecular complexity index is 275. The summed E-state index contributed by atoms with van der Waals surface area (Å²) < 4.78 is 0. The SMILES string of the molecule is CSCC(C)NC(=O)C1CCC(C(=O)O)CC1. The molecule has 0 radical (unpaired) electrons. The minimum Gasteiger partial charge on any atom is -0.481 e. The van der Waals surface area contributed by atoms with E-state index in [0.717, 1.165) is 5.75 Å². The first kappa shape index (κ1) is 14.4. The Morgan fingerprint density at radius 3 is 2.29 bits per heavy atom. The lowest BCUT2D eigenvalue weighted by Gasteiger charge is -2.26. The van der Waals surface area contributed by atoms with E-state index in [4.69, 9.17) is 5.11 Å². The highest BCUT2D eigenvalue weighted by Crippen LogP contribution is 2.29. The molecule has 0 aromatic rings. The highest BCUT2D eigenvalue weighted by Gasteiger charge is 2.29. The third-order valence-corrected chi connectivity index (χ3v) is 4.09. The fourth-order valence-electron chi connectivity index (χ4n) is 2.25. The van der Waals surface area contributed by atoms with Crippen LogP contribution in [-0.4, -0.2) is 35.0 Å². The molecule has 1 saturated carbocycles. The van der Waals surface area contributed by atoms with Gasteiger partial charge in [-0.2, -0.15) is 11.8 Å². The van der Waals surface area contributed by atoms with Gasteiger partial charge in [0, 0.05) is 17.7 Å². The Kier molecular flexibility index (Phi) is 5.82. The molecule has 0 bridgehead atoms. The van der Waals surface area contributed by atoms with Crippen molar-refractivity contribution < 1.29 is 14.7 Å². The van der Waals surface area contributed by atoms with Gasteiger partial charge in [-0.05, 0) is 38.9 Å². The Morgan fingerprint density at radius 2 is 1.82 bits per heavy atom. The van der Waals surface area contributed by atoms with Gasteiger partial charge in [-0.25, -0.2) is 0 Å². The van der Waals surface area contributed by atoms with Crippen molar-refractivity contribution in [1.29, 1.82) is 0 Å². The molecule has 5 heteroatoms. The highest BCUT2D eigenvalue weighted by molar-refractivity contribution is 7.98. The summed E-state index contributed by atoms with van der Waals surface area (Å²) in [5.41, 5.74) is 0. The molecule has 98 valence electrons. The van der Waals surface area contributed by atoms with Crippen LogP contribution < -0.4 is 5.32 Å². The van der Waals surface area contributed by atoms with Crippen LogP contribution in [0.3, 0.4) is 0 Å². The second-order valence-electron chi connectivity index (χ2n) is 4.75. The number of carbonyl (C=O) groups excluding carboxylic acids is 1. The first-order valence-corrected chi connectivity index (χ1v) is 7.46. The molecule has 0 aromatic heterocycles. The maximum Gasteiger partial charge on any atom is 0.306 e. The molecule has 1 aliphatic carbocycles. The molecule has 0 aromatic carbocycles. The van der Waals surface area contributed by atoms with Crippen molar-refractivity contribution in [2.45, 2.75) is 38.6 Å². The van der Waals surface area contributed by atoms with E-state index in [1.807, 2.05) is 13.2 Å². The van der Waals surface area contributed by atoms with Crippen LogP contribution in [0.1, 0.15) is 32.6 Å². The number of rotatable bonds is 5.